The lowest BCUT2D eigenvalue weighted by molar-refractivity contribution is 0.0934. The van der Waals surface area contributed by atoms with E-state index in [1.807, 2.05) is 0 Å². The third kappa shape index (κ3) is 6.69. The average Bonchev–Trinajstić information content (AvgIpc) is 2.67. The fraction of sp³-hybridized carbons (Fsp3) is 0.222. The smallest absolute Gasteiger partial charge is 0.253 e. The topological polar surface area (TPSA) is 71.6 Å². The van der Waals surface area contributed by atoms with Crippen LogP contribution in [0.4, 0.5) is 5.69 Å². The quantitative estimate of drug-likeness (QED) is 0.304. The Morgan fingerprint density at radius 2 is 1.69 bits per heavy atom. The first-order chi connectivity index (χ1) is 13.7. The van der Waals surface area contributed by atoms with E-state index in [9.17, 15) is 4.79 Å². The van der Waals surface area contributed by atoms with Crippen LogP contribution in [-0.2, 0) is 0 Å². The zero-order chi connectivity index (χ0) is 21.6. The number of halogens is 4. The molecule has 0 saturated carbocycles. The molecule has 0 bridgehead atoms. The summed E-state index contributed by atoms with van der Waals surface area (Å²) in [6.07, 6.45) is -1.14. The van der Waals surface area contributed by atoms with Gasteiger partial charge in [0.1, 0.15) is 6.17 Å². The normalized spacial score (nSPS) is 11.9. The summed E-state index contributed by atoms with van der Waals surface area (Å²) in [6.45, 7) is 0. The summed E-state index contributed by atoms with van der Waals surface area (Å²) in [4.78, 5) is 12.7. The number of nitrogens with one attached hydrogen (secondary N) is 3. The lowest BCUT2D eigenvalue weighted by Gasteiger charge is -2.28. The van der Waals surface area contributed by atoms with Crippen LogP contribution in [0.2, 0.25) is 5.02 Å². The fourth-order valence-electron chi connectivity index (χ4n) is 2.24. The molecule has 0 fully saturated rings. The number of alkyl halides is 3. The number of ether oxygens (including phenoxy) is 2. The molecule has 0 aromatic heterocycles. The second-order valence-corrected chi connectivity index (χ2v) is 8.78. The van der Waals surface area contributed by atoms with Gasteiger partial charge in [-0.15, -0.1) is 0 Å². The highest BCUT2D eigenvalue weighted by Crippen LogP contribution is 2.31. The van der Waals surface area contributed by atoms with Gasteiger partial charge in [-0.2, -0.15) is 0 Å². The number of thiocarbonyl (C=S) groups is 1. The summed E-state index contributed by atoms with van der Waals surface area (Å²) in [6, 6.07) is 11.6. The lowest BCUT2D eigenvalue weighted by Crippen LogP contribution is -2.56. The molecule has 29 heavy (non-hydrogen) atoms. The molecule has 0 aliphatic carbocycles. The van der Waals surface area contributed by atoms with Crippen LogP contribution in [0.3, 0.4) is 0 Å². The van der Waals surface area contributed by atoms with Crippen molar-refractivity contribution in [1.82, 2.24) is 10.6 Å². The van der Waals surface area contributed by atoms with E-state index in [0.29, 0.717) is 22.2 Å². The number of rotatable bonds is 6. The van der Waals surface area contributed by atoms with E-state index >= 15 is 0 Å². The number of carbonyl (C=O) groups excluding carboxylic acids is 1. The standard InChI is InChI=1S/C18H17Cl4N3O3S/c1-27-13-8-7-10(9-14(13)28-2)15(26)24-16(18(20,21)22)25-17(29)23-12-6-4-3-5-11(12)19/h3-9,16H,1-2H3,(H,24,26)(H2,23,25,29)/t16-/m1/s1. The molecule has 6 nitrogen and oxygen atoms in total. The fourth-order valence-corrected chi connectivity index (χ4v) is 2.98. The highest BCUT2D eigenvalue weighted by Gasteiger charge is 2.35. The molecule has 1 atom stereocenters. The molecule has 0 spiro atoms. The Labute approximate surface area is 193 Å². The van der Waals surface area contributed by atoms with Gasteiger partial charge >= 0.3 is 0 Å². The number of amides is 1. The van der Waals surface area contributed by atoms with Crippen molar-refractivity contribution < 1.29 is 14.3 Å². The molecule has 2 aromatic rings. The molecule has 0 aliphatic heterocycles. The summed E-state index contributed by atoms with van der Waals surface area (Å²) in [5.74, 6) is 0.343. The summed E-state index contributed by atoms with van der Waals surface area (Å²) < 4.78 is 8.45. The van der Waals surface area contributed by atoms with Crippen molar-refractivity contribution in [3.05, 3.63) is 53.1 Å². The van der Waals surface area contributed by atoms with Crippen LogP contribution in [0, 0.1) is 0 Å². The monoisotopic (exact) mass is 495 g/mol. The predicted octanol–water partition coefficient (Wildman–Crippen LogP) is 4.77. The molecule has 0 unspecified atom stereocenters. The number of para-hydroxylation sites is 1. The average molecular weight is 497 g/mol. The van der Waals surface area contributed by atoms with Gasteiger partial charge in [0.15, 0.2) is 16.6 Å². The largest absolute Gasteiger partial charge is 0.493 e. The second-order valence-electron chi connectivity index (χ2n) is 5.60. The van der Waals surface area contributed by atoms with Gasteiger partial charge in [-0.05, 0) is 42.5 Å². The number of carbonyl (C=O) groups is 1. The molecule has 1 amide bonds. The number of methoxy groups -OCH3 is 2. The van der Waals surface area contributed by atoms with Gasteiger partial charge in [0.05, 0.1) is 24.9 Å². The molecule has 0 radical (unpaired) electrons. The molecule has 0 heterocycles. The molecule has 0 saturated heterocycles. The zero-order valence-electron chi connectivity index (χ0n) is 15.3. The molecular weight excluding hydrogens is 480 g/mol. The van der Waals surface area contributed by atoms with Gasteiger partial charge in [0.25, 0.3) is 5.91 Å². The Morgan fingerprint density at radius 3 is 2.28 bits per heavy atom. The van der Waals surface area contributed by atoms with Crippen LogP contribution in [0.1, 0.15) is 10.4 Å². The van der Waals surface area contributed by atoms with E-state index in [0.717, 1.165) is 0 Å². The Balaban J connectivity index is 2.13. The summed E-state index contributed by atoms with van der Waals surface area (Å²) >= 11 is 29.4. The van der Waals surface area contributed by atoms with Crippen LogP contribution >= 0.6 is 58.6 Å². The maximum Gasteiger partial charge on any atom is 0.253 e. The first-order valence-corrected chi connectivity index (χ1v) is 9.99. The van der Waals surface area contributed by atoms with E-state index in [1.54, 1.807) is 36.4 Å². The van der Waals surface area contributed by atoms with Gasteiger partial charge in [-0.1, -0.05) is 58.5 Å². The van der Waals surface area contributed by atoms with Crippen molar-refractivity contribution in [2.45, 2.75) is 9.96 Å². The van der Waals surface area contributed by atoms with E-state index in [2.05, 4.69) is 16.0 Å². The lowest BCUT2D eigenvalue weighted by atomic mass is 10.2. The van der Waals surface area contributed by atoms with Crippen LogP contribution < -0.4 is 25.4 Å². The minimum Gasteiger partial charge on any atom is -0.493 e. The van der Waals surface area contributed by atoms with Crippen LogP contribution in [-0.4, -0.2) is 35.2 Å². The Bertz CT molecular complexity index is 893. The predicted molar refractivity (Wildman–Crippen MR) is 122 cm³/mol. The highest BCUT2D eigenvalue weighted by molar-refractivity contribution is 7.80. The van der Waals surface area contributed by atoms with Crippen molar-refractivity contribution in [2.24, 2.45) is 0 Å². The SMILES string of the molecule is COc1ccc(C(=O)N[C@H](NC(=S)Nc2ccccc2Cl)C(Cl)(Cl)Cl)cc1OC. The van der Waals surface area contributed by atoms with E-state index in [1.165, 1.54) is 20.3 Å². The van der Waals surface area contributed by atoms with E-state index in [4.69, 9.17) is 68.1 Å². The maximum absolute atomic E-state index is 12.7. The van der Waals surface area contributed by atoms with E-state index in [-0.39, 0.29) is 10.7 Å². The number of hydrogen-bond acceptors (Lipinski definition) is 4. The van der Waals surface area contributed by atoms with Gasteiger partial charge < -0.3 is 25.4 Å². The van der Waals surface area contributed by atoms with Gasteiger partial charge in [-0.25, -0.2) is 0 Å². The van der Waals surface area contributed by atoms with Crippen LogP contribution in [0.25, 0.3) is 0 Å². The van der Waals surface area contributed by atoms with Crippen molar-refractivity contribution >= 4 is 75.3 Å². The zero-order valence-corrected chi connectivity index (χ0v) is 19.1. The first kappa shape index (κ1) is 23.6. The molecular formula is C18H17Cl4N3O3S. The van der Waals surface area contributed by atoms with Gasteiger partial charge in [0.2, 0.25) is 3.79 Å². The molecule has 2 rings (SSSR count). The second kappa shape index (κ2) is 10.4. The third-order valence-corrected chi connectivity index (χ3v) is 4.85. The maximum atomic E-state index is 12.7. The molecule has 156 valence electrons. The molecule has 11 heteroatoms. The number of hydrogen-bond donors (Lipinski definition) is 3. The number of anilines is 1. The Kier molecular flexibility index (Phi) is 8.48. The minimum absolute atomic E-state index is 0.0991. The summed E-state index contributed by atoms with van der Waals surface area (Å²) in [5.41, 5.74) is 0.828. The summed E-state index contributed by atoms with van der Waals surface area (Å²) in [7, 11) is 2.96. The Hall–Kier alpha value is -1.64. The molecule has 3 N–H and O–H groups in total. The van der Waals surface area contributed by atoms with Crippen molar-refractivity contribution in [1.29, 1.82) is 0 Å². The van der Waals surface area contributed by atoms with Crippen LogP contribution in [0.5, 0.6) is 11.5 Å². The molecule has 0 aliphatic rings. The number of benzene rings is 2. The van der Waals surface area contributed by atoms with Gasteiger partial charge in [0, 0.05) is 5.56 Å². The van der Waals surface area contributed by atoms with Gasteiger partial charge in [-0.3, -0.25) is 4.79 Å². The highest BCUT2D eigenvalue weighted by atomic mass is 35.6. The molecule has 2 aromatic carbocycles. The van der Waals surface area contributed by atoms with Crippen molar-refractivity contribution in [3.63, 3.8) is 0 Å². The minimum atomic E-state index is -1.90. The van der Waals surface area contributed by atoms with Crippen molar-refractivity contribution in [3.8, 4) is 11.5 Å². The van der Waals surface area contributed by atoms with E-state index < -0.39 is 15.9 Å². The Morgan fingerprint density at radius 1 is 1.03 bits per heavy atom. The van der Waals surface area contributed by atoms with Crippen LogP contribution in [0.15, 0.2) is 42.5 Å². The first-order valence-electron chi connectivity index (χ1n) is 8.07. The van der Waals surface area contributed by atoms with Crippen molar-refractivity contribution in [2.75, 3.05) is 19.5 Å². The third-order valence-electron chi connectivity index (χ3n) is 3.65. The summed E-state index contributed by atoms with van der Waals surface area (Å²) in [5, 5.41) is 8.79.